The minimum Gasteiger partial charge on any atom is -0.484 e. The molecular formula is C10H9NO4S. The molecule has 6 heteroatoms. The van der Waals surface area contributed by atoms with Gasteiger partial charge in [-0.2, -0.15) is 0 Å². The van der Waals surface area contributed by atoms with Crippen molar-refractivity contribution in [3.8, 4) is 5.75 Å². The number of carbonyl (C=O) groups is 1. The molecule has 0 fully saturated rings. The van der Waals surface area contributed by atoms with E-state index in [0.717, 1.165) is 17.0 Å². The first-order chi connectivity index (χ1) is 7.66. The first-order valence-electron chi connectivity index (χ1n) is 4.52. The Balaban J connectivity index is 2.04. The van der Waals surface area contributed by atoms with Gasteiger partial charge in [-0.3, -0.25) is 0 Å². The number of hydrogen-bond donors (Lipinski definition) is 1. The largest absolute Gasteiger partial charge is 0.484 e. The number of ether oxygens (including phenoxy) is 1. The summed E-state index contributed by atoms with van der Waals surface area (Å²) in [6.45, 7) is 1.98. The molecule has 0 saturated carbocycles. The number of thiophene rings is 1. The van der Waals surface area contributed by atoms with E-state index in [0.29, 0.717) is 11.5 Å². The fourth-order valence-electron chi connectivity index (χ4n) is 1.20. The van der Waals surface area contributed by atoms with Crippen molar-refractivity contribution in [2.75, 3.05) is 0 Å². The number of hydrogen-bond acceptors (Lipinski definition) is 5. The summed E-state index contributed by atoms with van der Waals surface area (Å²) in [6.07, 6.45) is 0. The first kappa shape index (κ1) is 10.7. The zero-order valence-corrected chi connectivity index (χ0v) is 9.28. The molecule has 0 radical (unpaired) electrons. The van der Waals surface area contributed by atoms with Crippen molar-refractivity contribution in [1.82, 2.24) is 5.16 Å². The second kappa shape index (κ2) is 4.36. The molecule has 2 rings (SSSR count). The summed E-state index contributed by atoms with van der Waals surface area (Å²) in [6, 6.07) is 3.37. The van der Waals surface area contributed by atoms with Gasteiger partial charge >= 0.3 is 5.97 Å². The van der Waals surface area contributed by atoms with Gasteiger partial charge in [0.15, 0.2) is 10.6 Å². The van der Waals surface area contributed by atoms with Crippen LogP contribution in [-0.2, 0) is 6.61 Å². The molecule has 2 heterocycles. The molecule has 0 unspecified atom stereocenters. The van der Waals surface area contributed by atoms with E-state index in [9.17, 15) is 4.79 Å². The van der Waals surface area contributed by atoms with Gasteiger partial charge in [0.25, 0.3) is 0 Å². The smallest absolute Gasteiger partial charge is 0.349 e. The minimum absolute atomic E-state index is 0.178. The highest BCUT2D eigenvalue weighted by Crippen LogP contribution is 2.25. The molecule has 0 amide bonds. The molecule has 16 heavy (non-hydrogen) atoms. The van der Waals surface area contributed by atoms with E-state index in [-0.39, 0.29) is 11.5 Å². The van der Waals surface area contributed by atoms with Crippen molar-refractivity contribution >= 4 is 17.3 Å². The molecule has 0 atom stereocenters. The lowest BCUT2D eigenvalue weighted by Crippen LogP contribution is -1.99. The monoisotopic (exact) mass is 239 g/mol. The number of carboxylic acids is 1. The van der Waals surface area contributed by atoms with Crippen LogP contribution in [0.2, 0.25) is 0 Å². The van der Waals surface area contributed by atoms with Gasteiger partial charge in [0, 0.05) is 6.07 Å². The summed E-state index contributed by atoms with van der Waals surface area (Å²) in [4.78, 5) is 11.0. The standard InChI is InChI=1S/C10H9NO4S/c1-6-4-7(15-11-6)5-14-8-2-3-16-9(8)10(12)13/h2-4H,5H2,1H3,(H,12,13). The van der Waals surface area contributed by atoms with Gasteiger partial charge in [0.1, 0.15) is 12.4 Å². The second-order valence-electron chi connectivity index (χ2n) is 3.14. The van der Waals surface area contributed by atoms with Gasteiger partial charge < -0.3 is 14.4 Å². The van der Waals surface area contributed by atoms with E-state index in [4.69, 9.17) is 14.4 Å². The molecule has 0 saturated heterocycles. The van der Waals surface area contributed by atoms with Crippen LogP contribution >= 0.6 is 11.3 Å². The highest BCUT2D eigenvalue weighted by atomic mass is 32.1. The van der Waals surface area contributed by atoms with Crippen LogP contribution in [0.3, 0.4) is 0 Å². The Morgan fingerprint density at radius 2 is 2.50 bits per heavy atom. The Morgan fingerprint density at radius 1 is 1.69 bits per heavy atom. The number of aryl methyl sites for hydroxylation is 1. The normalized spacial score (nSPS) is 10.3. The number of carboxylic acid groups (broad SMARTS) is 1. The quantitative estimate of drug-likeness (QED) is 0.886. The predicted octanol–water partition coefficient (Wildman–Crippen LogP) is 2.32. The van der Waals surface area contributed by atoms with E-state index in [1.54, 1.807) is 24.4 Å². The molecule has 1 N–H and O–H groups in total. The van der Waals surface area contributed by atoms with Crippen LogP contribution in [0.15, 0.2) is 22.0 Å². The summed E-state index contributed by atoms with van der Waals surface area (Å²) in [7, 11) is 0. The fourth-order valence-corrected chi connectivity index (χ4v) is 1.87. The van der Waals surface area contributed by atoms with Crippen LogP contribution in [0, 0.1) is 6.92 Å². The molecule has 2 aromatic rings. The Bertz CT molecular complexity index is 502. The molecular weight excluding hydrogens is 230 g/mol. The van der Waals surface area contributed by atoms with E-state index < -0.39 is 5.97 Å². The third-order valence-electron chi connectivity index (χ3n) is 1.87. The van der Waals surface area contributed by atoms with Crippen molar-refractivity contribution in [3.63, 3.8) is 0 Å². The fraction of sp³-hybridized carbons (Fsp3) is 0.200. The van der Waals surface area contributed by atoms with Crippen molar-refractivity contribution in [3.05, 3.63) is 33.8 Å². The Labute approximate surface area is 95.3 Å². The lowest BCUT2D eigenvalue weighted by Gasteiger charge is -2.01. The Kier molecular flexibility index (Phi) is 2.91. The van der Waals surface area contributed by atoms with Crippen LogP contribution in [0.5, 0.6) is 5.75 Å². The summed E-state index contributed by atoms with van der Waals surface area (Å²) in [5, 5.41) is 14.2. The molecule has 0 aliphatic heterocycles. The SMILES string of the molecule is Cc1cc(COc2ccsc2C(=O)O)on1. The molecule has 0 spiro atoms. The molecule has 0 bridgehead atoms. The predicted molar refractivity (Wildman–Crippen MR) is 56.9 cm³/mol. The van der Waals surface area contributed by atoms with Crippen molar-refractivity contribution < 1.29 is 19.2 Å². The second-order valence-corrected chi connectivity index (χ2v) is 4.06. The summed E-state index contributed by atoms with van der Waals surface area (Å²) in [5.74, 6) is -0.0645. The van der Waals surface area contributed by atoms with Crippen LogP contribution < -0.4 is 4.74 Å². The van der Waals surface area contributed by atoms with Crippen LogP contribution in [0.1, 0.15) is 21.1 Å². The van der Waals surface area contributed by atoms with Gasteiger partial charge in [-0.15, -0.1) is 11.3 Å². The van der Waals surface area contributed by atoms with E-state index in [2.05, 4.69) is 5.16 Å². The summed E-state index contributed by atoms with van der Waals surface area (Å²) in [5.41, 5.74) is 0.766. The molecule has 84 valence electrons. The average molecular weight is 239 g/mol. The van der Waals surface area contributed by atoms with Crippen LogP contribution in [-0.4, -0.2) is 16.2 Å². The average Bonchev–Trinajstić information content (AvgIpc) is 2.83. The number of aromatic nitrogens is 1. The van der Waals surface area contributed by atoms with Gasteiger partial charge in [-0.1, -0.05) is 5.16 Å². The maximum absolute atomic E-state index is 10.8. The zero-order chi connectivity index (χ0) is 11.5. The lowest BCUT2D eigenvalue weighted by atomic mass is 10.4. The molecule has 0 aliphatic rings. The van der Waals surface area contributed by atoms with Gasteiger partial charge in [0.2, 0.25) is 0 Å². The van der Waals surface area contributed by atoms with Gasteiger partial charge in [-0.25, -0.2) is 4.79 Å². The lowest BCUT2D eigenvalue weighted by molar-refractivity contribution is 0.0697. The van der Waals surface area contributed by atoms with Crippen molar-refractivity contribution in [2.24, 2.45) is 0 Å². The first-order valence-corrected chi connectivity index (χ1v) is 5.40. The molecule has 0 aromatic carbocycles. The third-order valence-corrected chi connectivity index (χ3v) is 2.75. The number of rotatable bonds is 4. The molecule has 5 nitrogen and oxygen atoms in total. The maximum atomic E-state index is 10.8. The van der Waals surface area contributed by atoms with Gasteiger partial charge in [0.05, 0.1) is 5.69 Å². The van der Waals surface area contributed by atoms with Crippen LogP contribution in [0.4, 0.5) is 0 Å². The third kappa shape index (κ3) is 2.22. The van der Waals surface area contributed by atoms with E-state index >= 15 is 0 Å². The molecule has 0 aliphatic carbocycles. The highest BCUT2D eigenvalue weighted by molar-refractivity contribution is 7.12. The number of aromatic carboxylic acids is 1. The summed E-state index contributed by atoms with van der Waals surface area (Å²) < 4.78 is 10.3. The Hall–Kier alpha value is -1.82. The van der Waals surface area contributed by atoms with Gasteiger partial charge in [-0.05, 0) is 18.4 Å². The maximum Gasteiger partial charge on any atom is 0.349 e. The highest BCUT2D eigenvalue weighted by Gasteiger charge is 2.13. The van der Waals surface area contributed by atoms with E-state index in [1.807, 2.05) is 0 Å². The molecule has 2 aromatic heterocycles. The van der Waals surface area contributed by atoms with E-state index in [1.165, 1.54) is 0 Å². The summed E-state index contributed by atoms with van der Waals surface area (Å²) >= 11 is 1.13. The minimum atomic E-state index is -0.987. The van der Waals surface area contributed by atoms with Crippen molar-refractivity contribution in [2.45, 2.75) is 13.5 Å². The zero-order valence-electron chi connectivity index (χ0n) is 8.47. The Morgan fingerprint density at radius 3 is 3.12 bits per heavy atom. The topological polar surface area (TPSA) is 72.6 Å². The van der Waals surface area contributed by atoms with Crippen LogP contribution in [0.25, 0.3) is 0 Å². The van der Waals surface area contributed by atoms with Crippen molar-refractivity contribution in [1.29, 1.82) is 0 Å². The number of nitrogens with zero attached hydrogens (tertiary/aromatic N) is 1.